The molecule has 144 valence electrons. The van der Waals surface area contributed by atoms with Crippen molar-refractivity contribution in [2.45, 2.75) is 46.1 Å². The van der Waals surface area contributed by atoms with Gasteiger partial charge in [-0.25, -0.2) is 0 Å². The molecular formula is C23H30N2O2. The van der Waals surface area contributed by atoms with Crippen molar-refractivity contribution in [1.82, 2.24) is 5.32 Å². The monoisotopic (exact) mass is 366 g/mol. The summed E-state index contributed by atoms with van der Waals surface area (Å²) < 4.78 is 5.55. The number of aryl methyl sites for hydroxylation is 1. The van der Waals surface area contributed by atoms with Crippen LogP contribution in [-0.2, 0) is 0 Å². The van der Waals surface area contributed by atoms with Gasteiger partial charge < -0.3 is 15.0 Å². The van der Waals surface area contributed by atoms with Crippen molar-refractivity contribution in [2.75, 3.05) is 24.6 Å². The van der Waals surface area contributed by atoms with Crippen molar-refractivity contribution in [2.24, 2.45) is 0 Å². The molecule has 4 heteroatoms. The maximum atomic E-state index is 12.6. The molecule has 0 aromatic heterocycles. The molecule has 1 amide bonds. The molecule has 4 nitrogen and oxygen atoms in total. The summed E-state index contributed by atoms with van der Waals surface area (Å²) in [6.07, 6.45) is 3.88. The number of piperidine rings is 1. The molecule has 1 atom stereocenters. The van der Waals surface area contributed by atoms with Gasteiger partial charge in [0, 0.05) is 24.3 Å². The van der Waals surface area contributed by atoms with Crippen LogP contribution in [0.2, 0.25) is 0 Å². The van der Waals surface area contributed by atoms with Gasteiger partial charge in [0.1, 0.15) is 5.75 Å². The Bertz CT molecular complexity index is 764. The predicted octanol–water partition coefficient (Wildman–Crippen LogP) is 4.88. The molecule has 27 heavy (non-hydrogen) atoms. The normalized spacial score (nSPS) is 15.3. The fourth-order valence-corrected chi connectivity index (χ4v) is 3.60. The Balaban J connectivity index is 1.63. The number of carbonyl (C=O) groups is 1. The van der Waals surface area contributed by atoms with Crippen molar-refractivity contribution >= 4 is 11.6 Å². The third kappa shape index (κ3) is 4.82. The number of hydrogen-bond acceptors (Lipinski definition) is 3. The third-order valence-electron chi connectivity index (χ3n) is 5.20. The number of amides is 1. The molecule has 0 spiro atoms. The molecule has 1 fully saturated rings. The van der Waals surface area contributed by atoms with Crippen LogP contribution in [0.15, 0.2) is 42.5 Å². The average Bonchev–Trinajstić information content (AvgIpc) is 2.70. The van der Waals surface area contributed by atoms with Crippen molar-refractivity contribution < 1.29 is 9.53 Å². The van der Waals surface area contributed by atoms with Gasteiger partial charge in [0.05, 0.1) is 12.6 Å². The number of hydrogen-bond donors (Lipinski definition) is 1. The summed E-state index contributed by atoms with van der Waals surface area (Å²) in [6.45, 7) is 8.85. The Morgan fingerprint density at radius 2 is 1.81 bits per heavy atom. The van der Waals surface area contributed by atoms with Gasteiger partial charge in [-0.3, -0.25) is 4.79 Å². The maximum Gasteiger partial charge on any atom is 0.251 e. The Hall–Kier alpha value is -2.49. The standard InChI is InChI=1S/C23H30N2O2/c1-4-27-22-13-10-20(16-17(22)2)23(26)24-18(3)19-8-11-21(12-9-19)25-14-6-5-7-15-25/h8-13,16,18H,4-7,14-15H2,1-3H3,(H,24,26)/t18-/m0/s1. The number of nitrogens with zero attached hydrogens (tertiary/aromatic N) is 1. The Morgan fingerprint density at radius 3 is 2.44 bits per heavy atom. The number of ether oxygens (including phenoxy) is 1. The highest BCUT2D eigenvalue weighted by atomic mass is 16.5. The third-order valence-corrected chi connectivity index (χ3v) is 5.20. The zero-order chi connectivity index (χ0) is 19.2. The van der Waals surface area contributed by atoms with Crippen LogP contribution in [-0.4, -0.2) is 25.6 Å². The fraction of sp³-hybridized carbons (Fsp3) is 0.435. The van der Waals surface area contributed by atoms with E-state index in [1.54, 1.807) is 0 Å². The number of rotatable bonds is 6. The Morgan fingerprint density at radius 1 is 1.11 bits per heavy atom. The fourth-order valence-electron chi connectivity index (χ4n) is 3.60. The molecule has 1 heterocycles. The van der Waals surface area contributed by atoms with Crippen LogP contribution in [0.3, 0.4) is 0 Å². The first-order valence-electron chi connectivity index (χ1n) is 9.97. The van der Waals surface area contributed by atoms with Crippen molar-refractivity contribution in [3.63, 3.8) is 0 Å². The van der Waals surface area contributed by atoms with Crippen LogP contribution in [0.5, 0.6) is 5.75 Å². The van der Waals surface area contributed by atoms with Gasteiger partial charge >= 0.3 is 0 Å². The van der Waals surface area contributed by atoms with Crippen LogP contribution in [0.25, 0.3) is 0 Å². The second kappa shape index (κ2) is 8.94. The molecule has 1 aliphatic rings. The van der Waals surface area contributed by atoms with Crippen LogP contribution < -0.4 is 15.0 Å². The predicted molar refractivity (Wildman–Crippen MR) is 111 cm³/mol. The summed E-state index contributed by atoms with van der Waals surface area (Å²) in [7, 11) is 0. The van der Waals surface area contributed by atoms with Crippen LogP contribution in [0.4, 0.5) is 5.69 Å². The van der Waals surface area contributed by atoms with Gasteiger partial charge in [0.2, 0.25) is 0 Å². The van der Waals surface area contributed by atoms with E-state index in [2.05, 4.69) is 34.5 Å². The summed E-state index contributed by atoms with van der Waals surface area (Å²) in [5.41, 5.74) is 4.03. The minimum Gasteiger partial charge on any atom is -0.494 e. The molecule has 0 saturated carbocycles. The van der Waals surface area contributed by atoms with E-state index >= 15 is 0 Å². The molecule has 0 radical (unpaired) electrons. The number of anilines is 1. The topological polar surface area (TPSA) is 41.6 Å². The Kier molecular flexibility index (Phi) is 6.38. The lowest BCUT2D eigenvalue weighted by molar-refractivity contribution is 0.0940. The van der Waals surface area contributed by atoms with E-state index in [1.807, 2.05) is 39.0 Å². The largest absolute Gasteiger partial charge is 0.494 e. The summed E-state index contributed by atoms with van der Waals surface area (Å²) in [6, 6.07) is 14.1. The molecular weight excluding hydrogens is 336 g/mol. The van der Waals surface area contributed by atoms with Crippen LogP contribution in [0.1, 0.15) is 60.6 Å². The van der Waals surface area contributed by atoms with Crippen molar-refractivity contribution in [3.8, 4) is 5.75 Å². The Labute approximate surface area is 162 Å². The first kappa shape index (κ1) is 19.3. The second-order valence-electron chi connectivity index (χ2n) is 7.25. The van der Waals surface area contributed by atoms with Gasteiger partial charge in [-0.1, -0.05) is 12.1 Å². The number of carbonyl (C=O) groups excluding carboxylic acids is 1. The number of benzene rings is 2. The molecule has 0 aliphatic carbocycles. The molecule has 2 aromatic rings. The molecule has 1 saturated heterocycles. The summed E-state index contributed by atoms with van der Waals surface area (Å²) >= 11 is 0. The van der Waals surface area contributed by atoms with E-state index in [1.165, 1.54) is 24.9 Å². The maximum absolute atomic E-state index is 12.6. The molecule has 1 N–H and O–H groups in total. The van der Waals surface area contributed by atoms with Gasteiger partial charge in [0.25, 0.3) is 5.91 Å². The number of nitrogens with one attached hydrogen (secondary N) is 1. The van der Waals surface area contributed by atoms with E-state index < -0.39 is 0 Å². The summed E-state index contributed by atoms with van der Waals surface area (Å²) in [4.78, 5) is 15.0. The molecule has 0 unspecified atom stereocenters. The van der Waals surface area contributed by atoms with Crippen LogP contribution >= 0.6 is 0 Å². The minimum atomic E-state index is -0.0613. The molecule has 0 bridgehead atoms. The van der Waals surface area contributed by atoms with Gasteiger partial charge in [-0.2, -0.15) is 0 Å². The lowest BCUT2D eigenvalue weighted by atomic mass is 10.0. The van der Waals surface area contributed by atoms with Crippen LogP contribution in [0, 0.1) is 6.92 Å². The highest BCUT2D eigenvalue weighted by molar-refractivity contribution is 5.94. The second-order valence-corrected chi connectivity index (χ2v) is 7.25. The highest BCUT2D eigenvalue weighted by Crippen LogP contribution is 2.23. The summed E-state index contributed by atoms with van der Waals surface area (Å²) in [5, 5.41) is 3.10. The zero-order valence-electron chi connectivity index (χ0n) is 16.6. The molecule has 3 rings (SSSR count). The highest BCUT2D eigenvalue weighted by Gasteiger charge is 2.14. The minimum absolute atomic E-state index is 0.0419. The van der Waals surface area contributed by atoms with Crippen molar-refractivity contribution in [1.29, 1.82) is 0 Å². The molecule has 2 aromatic carbocycles. The van der Waals surface area contributed by atoms with Gasteiger partial charge in [0.15, 0.2) is 0 Å². The lowest BCUT2D eigenvalue weighted by Crippen LogP contribution is -2.29. The van der Waals surface area contributed by atoms with Gasteiger partial charge in [-0.15, -0.1) is 0 Å². The zero-order valence-corrected chi connectivity index (χ0v) is 16.6. The first-order valence-corrected chi connectivity index (χ1v) is 9.97. The SMILES string of the molecule is CCOc1ccc(C(=O)N[C@@H](C)c2ccc(N3CCCCC3)cc2)cc1C. The lowest BCUT2D eigenvalue weighted by Gasteiger charge is -2.29. The van der Waals surface area contributed by atoms with E-state index in [0.29, 0.717) is 12.2 Å². The quantitative estimate of drug-likeness (QED) is 0.792. The van der Waals surface area contributed by atoms with Gasteiger partial charge in [-0.05, 0) is 81.5 Å². The first-order chi connectivity index (χ1) is 13.1. The van der Waals surface area contributed by atoms with E-state index in [9.17, 15) is 4.79 Å². The van der Waals surface area contributed by atoms with E-state index in [0.717, 1.165) is 30.0 Å². The van der Waals surface area contributed by atoms with E-state index in [4.69, 9.17) is 4.74 Å². The average molecular weight is 367 g/mol. The summed E-state index contributed by atoms with van der Waals surface area (Å²) in [5.74, 6) is 0.768. The smallest absolute Gasteiger partial charge is 0.251 e. The van der Waals surface area contributed by atoms with E-state index in [-0.39, 0.29) is 11.9 Å². The molecule has 1 aliphatic heterocycles. The van der Waals surface area contributed by atoms with Crippen molar-refractivity contribution in [3.05, 3.63) is 59.2 Å².